The molecule has 0 aromatic heterocycles. The average Bonchev–Trinajstić information content (AvgIpc) is 2.61. The lowest BCUT2D eigenvalue weighted by Gasteiger charge is -2.05. The van der Waals surface area contributed by atoms with Crippen LogP contribution < -0.4 is 5.73 Å². The fourth-order valence-corrected chi connectivity index (χ4v) is 1.82. The van der Waals surface area contributed by atoms with Gasteiger partial charge in [0, 0.05) is 0 Å². The molecular formula is C12H13FN2. The number of amidine groups is 1. The predicted octanol–water partition coefficient (Wildman–Crippen LogP) is 2.36. The van der Waals surface area contributed by atoms with E-state index in [0.717, 1.165) is 23.1 Å². The number of nitrogens with zero attached hydrogens (tertiary/aromatic N) is 1. The maximum absolute atomic E-state index is 12.8. The van der Waals surface area contributed by atoms with Gasteiger partial charge in [-0.25, -0.2) is 4.39 Å². The molecule has 1 aliphatic heterocycles. The van der Waals surface area contributed by atoms with Crippen LogP contribution in [0.3, 0.4) is 0 Å². The molecular weight excluding hydrogens is 191 g/mol. The highest BCUT2D eigenvalue weighted by atomic mass is 19.1. The van der Waals surface area contributed by atoms with Crippen molar-refractivity contribution in [1.82, 2.24) is 0 Å². The van der Waals surface area contributed by atoms with Crippen molar-refractivity contribution in [3.63, 3.8) is 0 Å². The van der Waals surface area contributed by atoms with Crippen molar-refractivity contribution in [3.8, 4) is 0 Å². The fraction of sp³-hybridized carbons (Fsp3) is 0.250. The van der Waals surface area contributed by atoms with E-state index in [4.69, 9.17) is 5.73 Å². The summed E-state index contributed by atoms with van der Waals surface area (Å²) in [5.74, 6) is 0.404. The SMILES string of the molecule is CCC1=C(c2ccc(F)cc2)CN=C1N. The monoisotopic (exact) mass is 204 g/mol. The van der Waals surface area contributed by atoms with Gasteiger partial charge in [0.2, 0.25) is 0 Å². The van der Waals surface area contributed by atoms with E-state index >= 15 is 0 Å². The second-order valence-corrected chi connectivity index (χ2v) is 3.52. The fourth-order valence-electron chi connectivity index (χ4n) is 1.82. The molecule has 0 amide bonds. The van der Waals surface area contributed by atoms with E-state index in [1.165, 1.54) is 12.1 Å². The van der Waals surface area contributed by atoms with Gasteiger partial charge in [0.05, 0.1) is 6.54 Å². The Morgan fingerprint density at radius 3 is 2.60 bits per heavy atom. The molecule has 0 fully saturated rings. The maximum Gasteiger partial charge on any atom is 0.123 e. The summed E-state index contributed by atoms with van der Waals surface area (Å²) in [6.07, 6.45) is 0.863. The number of halogens is 1. The minimum atomic E-state index is -0.218. The second kappa shape index (κ2) is 3.85. The van der Waals surface area contributed by atoms with Crippen LogP contribution in [-0.2, 0) is 0 Å². The summed E-state index contributed by atoms with van der Waals surface area (Å²) in [7, 11) is 0. The first kappa shape index (κ1) is 9.90. The second-order valence-electron chi connectivity index (χ2n) is 3.52. The van der Waals surface area contributed by atoms with Crippen LogP contribution >= 0.6 is 0 Å². The van der Waals surface area contributed by atoms with Gasteiger partial charge in [0.1, 0.15) is 11.7 Å². The molecule has 2 nitrogen and oxygen atoms in total. The number of aliphatic imine (C=N–C) groups is 1. The highest BCUT2D eigenvalue weighted by Crippen LogP contribution is 2.25. The largest absolute Gasteiger partial charge is 0.384 e. The van der Waals surface area contributed by atoms with Crippen molar-refractivity contribution in [2.45, 2.75) is 13.3 Å². The first-order valence-corrected chi connectivity index (χ1v) is 5.00. The molecule has 15 heavy (non-hydrogen) atoms. The van der Waals surface area contributed by atoms with Gasteiger partial charge in [-0.1, -0.05) is 19.1 Å². The Bertz CT molecular complexity index is 429. The van der Waals surface area contributed by atoms with Gasteiger partial charge < -0.3 is 5.73 Å². The van der Waals surface area contributed by atoms with Crippen molar-refractivity contribution >= 4 is 11.4 Å². The van der Waals surface area contributed by atoms with Crippen molar-refractivity contribution in [1.29, 1.82) is 0 Å². The summed E-state index contributed by atoms with van der Waals surface area (Å²) in [5.41, 5.74) is 8.98. The zero-order valence-corrected chi connectivity index (χ0v) is 8.63. The lowest BCUT2D eigenvalue weighted by molar-refractivity contribution is 0.627. The van der Waals surface area contributed by atoms with Crippen molar-refractivity contribution in [2.24, 2.45) is 10.7 Å². The van der Waals surface area contributed by atoms with Crippen LogP contribution in [-0.4, -0.2) is 12.4 Å². The third-order valence-corrected chi connectivity index (χ3v) is 2.63. The van der Waals surface area contributed by atoms with Crippen molar-refractivity contribution in [2.75, 3.05) is 6.54 Å². The van der Waals surface area contributed by atoms with Gasteiger partial charge in [-0.3, -0.25) is 4.99 Å². The van der Waals surface area contributed by atoms with Crippen LogP contribution in [0.5, 0.6) is 0 Å². The number of benzene rings is 1. The molecule has 2 rings (SSSR count). The smallest absolute Gasteiger partial charge is 0.123 e. The summed E-state index contributed by atoms with van der Waals surface area (Å²) >= 11 is 0. The van der Waals surface area contributed by atoms with Gasteiger partial charge in [0.15, 0.2) is 0 Å². The molecule has 1 aromatic carbocycles. The molecule has 0 spiro atoms. The first-order valence-electron chi connectivity index (χ1n) is 5.00. The molecule has 0 saturated heterocycles. The number of nitrogens with two attached hydrogens (primary N) is 1. The summed E-state index contributed by atoms with van der Waals surface area (Å²) < 4.78 is 12.8. The Labute approximate surface area is 88.3 Å². The van der Waals surface area contributed by atoms with Gasteiger partial charge in [-0.2, -0.15) is 0 Å². The molecule has 0 atom stereocenters. The van der Waals surface area contributed by atoms with Crippen LogP contribution in [0, 0.1) is 5.82 Å². The molecule has 0 saturated carbocycles. The topological polar surface area (TPSA) is 38.4 Å². The lowest BCUT2D eigenvalue weighted by Crippen LogP contribution is -2.11. The van der Waals surface area contributed by atoms with Crippen LogP contribution in [0.15, 0.2) is 34.8 Å². The van der Waals surface area contributed by atoms with Crippen LogP contribution in [0.2, 0.25) is 0 Å². The Morgan fingerprint density at radius 1 is 1.33 bits per heavy atom. The zero-order chi connectivity index (χ0) is 10.8. The third-order valence-electron chi connectivity index (χ3n) is 2.63. The van der Waals surface area contributed by atoms with Gasteiger partial charge in [0.25, 0.3) is 0 Å². The minimum Gasteiger partial charge on any atom is -0.384 e. The number of hydrogen-bond acceptors (Lipinski definition) is 2. The Balaban J connectivity index is 2.40. The summed E-state index contributed by atoms with van der Waals surface area (Å²) in [5, 5.41) is 0. The molecule has 0 unspecified atom stereocenters. The summed E-state index contributed by atoms with van der Waals surface area (Å²) in [4.78, 5) is 4.20. The molecule has 78 valence electrons. The van der Waals surface area contributed by atoms with Crippen LogP contribution in [0.1, 0.15) is 18.9 Å². The Kier molecular flexibility index (Phi) is 2.54. The molecule has 3 heteroatoms. The Hall–Kier alpha value is -1.64. The van der Waals surface area contributed by atoms with E-state index in [2.05, 4.69) is 4.99 Å². The average molecular weight is 204 g/mol. The van der Waals surface area contributed by atoms with Crippen molar-refractivity contribution in [3.05, 3.63) is 41.2 Å². The minimum absolute atomic E-state index is 0.218. The summed E-state index contributed by atoms with van der Waals surface area (Å²) in [6, 6.07) is 6.47. The van der Waals surface area contributed by atoms with Crippen molar-refractivity contribution < 1.29 is 4.39 Å². The predicted molar refractivity (Wildman–Crippen MR) is 60.1 cm³/mol. The molecule has 1 aliphatic rings. The van der Waals surface area contributed by atoms with E-state index in [0.29, 0.717) is 12.4 Å². The molecule has 0 bridgehead atoms. The summed E-state index contributed by atoms with van der Waals surface area (Å²) in [6.45, 7) is 2.66. The maximum atomic E-state index is 12.8. The van der Waals surface area contributed by atoms with Gasteiger partial charge in [-0.05, 0) is 35.3 Å². The lowest BCUT2D eigenvalue weighted by atomic mass is 10.00. The van der Waals surface area contributed by atoms with Gasteiger partial charge >= 0.3 is 0 Å². The van der Waals surface area contributed by atoms with Gasteiger partial charge in [-0.15, -0.1) is 0 Å². The number of hydrogen-bond donors (Lipinski definition) is 1. The third kappa shape index (κ3) is 1.77. The molecule has 1 aromatic rings. The molecule has 2 N–H and O–H groups in total. The zero-order valence-electron chi connectivity index (χ0n) is 8.63. The highest BCUT2D eigenvalue weighted by molar-refractivity contribution is 6.07. The van der Waals surface area contributed by atoms with E-state index in [-0.39, 0.29) is 5.82 Å². The van der Waals surface area contributed by atoms with E-state index < -0.39 is 0 Å². The van der Waals surface area contributed by atoms with E-state index in [1.807, 2.05) is 6.92 Å². The first-order chi connectivity index (χ1) is 7.22. The van der Waals surface area contributed by atoms with Crippen LogP contribution in [0.25, 0.3) is 5.57 Å². The molecule has 0 radical (unpaired) electrons. The quantitative estimate of drug-likeness (QED) is 0.789. The van der Waals surface area contributed by atoms with Crippen LogP contribution in [0.4, 0.5) is 4.39 Å². The molecule has 1 heterocycles. The number of rotatable bonds is 2. The van der Waals surface area contributed by atoms with E-state index in [1.54, 1.807) is 12.1 Å². The Morgan fingerprint density at radius 2 is 2.00 bits per heavy atom. The highest BCUT2D eigenvalue weighted by Gasteiger charge is 2.16. The standard InChI is InChI=1S/C12H13FN2/c1-2-10-11(7-15-12(10)14)8-3-5-9(13)6-4-8/h3-6H,2,7H2,1H3,(H2,14,15). The normalized spacial score (nSPS) is 15.7. The van der Waals surface area contributed by atoms with E-state index in [9.17, 15) is 4.39 Å². The molecule has 0 aliphatic carbocycles.